The number of aryl methyl sites for hydroxylation is 1. The van der Waals surface area contributed by atoms with Gasteiger partial charge in [-0.05, 0) is 32.0 Å². The maximum atomic E-state index is 4.48. The van der Waals surface area contributed by atoms with Gasteiger partial charge in [0.2, 0.25) is 0 Å². The molecule has 0 aromatic carbocycles. The van der Waals surface area contributed by atoms with Gasteiger partial charge < -0.3 is 0 Å². The maximum absolute atomic E-state index is 4.48. The van der Waals surface area contributed by atoms with E-state index >= 15 is 0 Å². The van der Waals surface area contributed by atoms with Crippen LogP contribution >= 0.6 is 0 Å². The Hall–Kier alpha value is -1.75. The lowest BCUT2D eigenvalue weighted by Crippen LogP contribution is -2.26. The third-order valence-electron chi connectivity index (χ3n) is 3.19. The molecule has 0 unspecified atom stereocenters. The number of hydrogen-bond acceptors (Lipinski definition) is 4. The molecule has 0 aliphatic rings. The predicted octanol–water partition coefficient (Wildman–Crippen LogP) is 1.93. The minimum atomic E-state index is 0.308. The van der Waals surface area contributed by atoms with Crippen LogP contribution in [0.4, 0.5) is 0 Å². The van der Waals surface area contributed by atoms with Gasteiger partial charge in [0.1, 0.15) is 12.7 Å². The van der Waals surface area contributed by atoms with Crippen molar-refractivity contribution in [3.8, 4) is 0 Å². The Morgan fingerprint density at radius 3 is 2.79 bits per heavy atom. The minimum Gasteiger partial charge on any atom is -0.298 e. The molecule has 19 heavy (non-hydrogen) atoms. The molecule has 5 nitrogen and oxygen atoms in total. The fraction of sp³-hybridized carbons (Fsp3) is 0.500. The van der Waals surface area contributed by atoms with Crippen molar-refractivity contribution in [2.75, 3.05) is 13.6 Å². The van der Waals surface area contributed by atoms with Gasteiger partial charge in [-0.1, -0.05) is 13.0 Å². The third-order valence-corrected chi connectivity index (χ3v) is 3.19. The Morgan fingerprint density at radius 1 is 1.37 bits per heavy atom. The van der Waals surface area contributed by atoms with Crippen LogP contribution < -0.4 is 0 Å². The highest BCUT2D eigenvalue weighted by Gasteiger charge is 2.09. The van der Waals surface area contributed by atoms with Crippen LogP contribution in [-0.4, -0.2) is 38.2 Å². The molecule has 0 amide bonds. The molecule has 0 fully saturated rings. The standard InChI is InChI=1S/C14H21N5/c1-4-13-5-6-14(16-7-13)9-18(3)8-12(2)19-11-15-10-17-19/h5-7,10-12H,4,8-9H2,1-3H3/t12-/m1/s1. The van der Waals surface area contributed by atoms with Crippen LogP contribution in [0.25, 0.3) is 0 Å². The van der Waals surface area contributed by atoms with E-state index in [-0.39, 0.29) is 0 Å². The fourth-order valence-electron chi connectivity index (χ4n) is 2.08. The van der Waals surface area contributed by atoms with E-state index in [1.165, 1.54) is 5.56 Å². The first-order valence-electron chi connectivity index (χ1n) is 6.65. The van der Waals surface area contributed by atoms with Crippen LogP contribution in [0.5, 0.6) is 0 Å². The van der Waals surface area contributed by atoms with Gasteiger partial charge >= 0.3 is 0 Å². The molecule has 0 saturated carbocycles. The SMILES string of the molecule is CCc1ccc(CN(C)C[C@@H](C)n2cncn2)nc1. The summed E-state index contributed by atoms with van der Waals surface area (Å²) >= 11 is 0. The fourth-order valence-corrected chi connectivity index (χ4v) is 2.08. The van der Waals surface area contributed by atoms with Crippen molar-refractivity contribution in [2.24, 2.45) is 0 Å². The Bertz CT molecular complexity index is 477. The number of likely N-dealkylation sites (N-methyl/N-ethyl adjacent to an activating group) is 1. The molecule has 0 aliphatic carbocycles. The molecule has 1 atom stereocenters. The maximum Gasteiger partial charge on any atom is 0.137 e. The quantitative estimate of drug-likeness (QED) is 0.795. The van der Waals surface area contributed by atoms with Gasteiger partial charge in [0, 0.05) is 19.3 Å². The molecule has 0 spiro atoms. The van der Waals surface area contributed by atoms with Crippen molar-refractivity contribution in [1.82, 2.24) is 24.6 Å². The Kier molecular flexibility index (Phi) is 4.63. The Morgan fingerprint density at radius 2 is 2.21 bits per heavy atom. The van der Waals surface area contributed by atoms with Crippen LogP contribution in [0.2, 0.25) is 0 Å². The normalized spacial score (nSPS) is 12.8. The van der Waals surface area contributed by atoms with E-state index in [1.807, 2.05) is 10.9 Å². The lowest BCUT2D eigenvalue weighted by atomic mass is 10.2. The highest BCUT2D eigenvalue weighted by Crippen LogP contribution is 2.08. The van der Waals surface area contributed by atoms with Gasteiger partial charge in [-0.25, -0.2) is 9.67 Å². The molecule has 0 aliphatic heterocycles. The van der Waals surface area contributed by atoms with Crippen molar-refractivity contribution >= 4 is 0 Å². The number of pyridine rings is 1. The summed E-state index contributed by atoms with van der Waals surface area (Å²) in [6.07, 6.45) is 6.32. The van der Waals surface area contributed by atoms with Crippen molar-refractivity contribution in [2.45, 2.75) is 32.9 Å². The average Bonchev–Trinajstić information content (AvgIpc) is 2.93. The van der Waals surface area contributed by atoms with E-state index in [9.17, 15) is 0 Å². The summed E-state index contributed by atoms with van der Waals surface area (Å²) < 4.78 is 1.88. The number of nitrogens with zero attached hydrogens (tertiary/aromatic N) is 5. The van der Waals surface area contributed by atoms with Gasteiger partial charge in [-0.15, -0.1) is 0 Å². The van der Waals surface area contributed by atoms with Crippen molar-refractivity contribution in [3.63, 3.8) is 0 Å². The summed E-state index contributed by atoms with van der Waals surface area (Å²) in [6.45, 7) is 6.05. The van der Waals surface area contributed by atoms with Crippen molar-refractivity contribution < 1.29 is 0 Å². The first kappa shape index (κ1) is 13.7. The molecule has 0 saturated heterocycles. The topological polar surface area (TPSA) is 46.8 Å². The van der Waals surface area contributed by atoms with Gasteiger partial charge in [0.05, 0.1) is 11.7 Å². The molecule has 0 N–H and O–H groups in total. The van der Waals surface area contributed by atoms with Crippen molar-refractivity contribution in [3.05, 3.63) is 42.2 Å². The molecule has 0 bridgehead atoms. The van der Waals surface area contributed by atoms with E-state index in [0.29, 0.717) is 6.04 Å². The summed E-state index contributed by atoms with van der Waals surface area (Å²) in [4.78, 5) is 10.7. The first-order chi connectivity index (χ1) is 9.19. The number of rotatable bonds is 6. The van der Waals surface area contributed by atoms with Gasteiger partial charge in [0.15, 0.2) is 0 Å². The molecule has 2 aromatic rings. The van der Waals surface area contributed by atoms with Gasteiger partial charge in [-0.3, -0.25) is 9.88 Å². The average molecular weight is 259 g/mol. The molecule has 2 rings (SSSR count). The van der Waals surface area contributed by atoms with Gasteiger partial charge in [0.25, 0.3) is 0 Å². The molecule has 2 heterocycles. The Labute approximate surface area is 114 Å². The predicted molar refractivity (Wildman–Crippen MR) is 74.7 cm³/mol. The van der Waals surface area contributed by atoms with Crippen LogP contribution in [0.1, 0.15) is 31.1 Å². The third kappa shape index (κ3) is 3.86. The number of hydrogen-bond donors (Lipinski definition) is 0. The second-order valence-corrected chi connectivity index (χ2v) is 4.93. The summed E-state index contributed by atoms with van der Waals surface area (Å²) in [5.74, 6) is 0. The van der Waals surface area contributed by atoms with E-state index < -0.39 is 0 Å². The van der Waals surface area contributed by atoms with Crippen LogP contribution in [0.15, 0.2) is 31.0 Å². The van der Waals surface area contributed by atoms with E-state index in [4.69, 9.17) is 0 Å². The van der Waals surface area contributed by atoms with E-state index in [2.05, 4.69) is 53.0 Å². The van der Waals surface area contributed by atoms with Gasteiger partial charge in [-0.2, -0.15) is 5.10 Å². The van der Waals surface area contributed by atoms with Crippen LogP contribution in [0.3, 0.4) is 0 Å². The lowest BCUT2D eigenvalue weighted by molar-refractivity contribution is 0.266. The van der Waals surface area contributed by atoms with E-state index in [0.717, 1.165) is 25.2 Å². The highest BCUT2D eigenvalue weighted by molar-refractivity contribution is 5.13. The zero-order chi connectivity index (χ0) is 13.7. The summed E-state index contributed by atoms with van der Waals surface area (Å²) in [7, 11) is 2.10. The van der Waals surface area contributed by atoms with E-state index in [1.54, 1.807) is 12.7 Å². The molecule has 2 aromatic heterocycles. The van der Waals surface area contributed by atoms with Crippen LogP contribution in [0, 0.1) is 0 Å². The minimum absolute atomic E-state index is 0.308. The molecule has 5 heteroatoms. The highest BCUT2D eigenvalue weighted by atomic mass is 15.3. The van der Waals surface area contributed by atoms with Crippen molar-refractivity contribution in [1.29, 1.82) is 0 Å². The molecular formula is C14H21N5. The Balaban J connectivity index is 1.88. The molecular weight excluding hydrogens is 238 g/mol. The lowest BCUT2D eigenvalue weighted by Gasteiger charge is -2.20. The first-order valence-corrected chi connectivity index (χ1v) is 6.65. The van der Waals surface area contributed by atoms with Crippen LogP contribution in [-0.2, 0) is 13.0 Å². The monoisotopic (exact) mass is 259 g/mol. The summed E-state index contributed by atoms with van der Waals surface area (Å²) in [5.41, 5.74) is 2.38. The second kappa shape index (κ2) is 6.43. The zero-order valence-corrected chi connectivity index (χ0v) is 11.8. The molecule has 0 radical (unpaired) electrons. The smallest absolute Gasteiger partial charge is 0.137 e. The number of aromatic nitrogens is 4. The molecule has 102 valence electrons. The second-order valence-electron chi connectivity index (χ2n) is 4.93. The zero-order valence-electron chi connectivity index (χ0n) is 11.8. The largest absolute Gasteiger partial charge is 0.298 e. The summed E-state index contributed by atoms with van der Waals surface area (Å²) in [6, 6.07) is 4.56. The summed E-state index contributed by atoms with van der Waals surface area (Å²) in [5, 5.41) is 4.16.